The Morgan fingerprint density at radius 3 is 2.72 bits per heavy atom. The lowest BCUT2D eigenvalue weighted by Crippen LogP contribution is -2.00. The molecule has 0 fully saturated rings. The van der Waals surface area contributed by atoms with Crippen LogP contribution in [0, 0.1) is 6.92 Å². The molecular formula is C21H20N4. The molecule has 0 spiro atoms. The van der Waals surface area contributed by atoms with Crippen LogP contribution in [0.4, 0.5) is 0 Å². The van der Waals surface area contributed by atoms with Crippen molar-refractivity contribution in [3.05, 3.63) is 59.8 Å². The predicted molar refractivity (Wildman–Crippen MR) is 103 cm³/mol. The second kappa shape index (κ2) is 5.81. The van der Waals surface area contributed by atoms with Crippen molar-refractivity contribution >= 4 is 28.1 Å². The van der Waals surface area contributed by atoms with E-state index in [-0.39, 0.29) is 0 Å². The van der Waals surface area contributed by atoms with E-state index in [0.717, 1.165) is 51.1 Å². The van der Waals surface area contributed by atoms with Gasteiger partial charge in [0.05, 0.1) is 5.52 Å². The van der Waals surface area contributed by atoms with Crippen molar-refractivity contribution in [1.82, 2.24) is 19.5 Å². The molecule has 0 aliphatic heterocycles. The van der Waals surface area contributed by atoms with Crippen LogP contribution in [0.5, 0.6) is 0 Å². The van der Waals surface area contributed by atoms with Crippen molar-refractivity contribution < 1.29 is 0 Å². The summed E-state index contributed by atoms with van der Waals surface area (Å²) >= 11 is 0. The van der Waals surface area contributed by atoms with Crippen molar-refractivity contribution in [3.8, 4) is 11.5 Å². The number of pyridine rings is 2. The standard InChI is InChI=1S/C21H20N4/c1-5-14-7-8-17-16(10-14)11-15(6-2)19(23-17)21-24-18-9-13(3)12-22-20(18)25(21)4/h5,7-12H,1,6H2,2-4H3. The largest absolute Gasteiger partial charge is 0.311 e. The van der Waals surface area contributed by atoms with Gasteiger partial charge in [-0.15, -0.1) is 0 Å². The summed E-state index contributed by atoms with van der Waals surface area (Å²) in [6, 6.07) is 10.5. The Morgan fingerprint density at radius 2 is 1.96 bits per heavy atom. The fraction of sp³-hybridized carbons (Fsp3) is 0.190. The van der Waals surface area contributed by atoms with E-state index in [1.165, 1.54) is 5.56 Å². The highest BCUT2D eigenvalue weighted by molar-refractivity contribution is 5.86. The van der Waals surface area contributed by atoms with Crippen molar-refractivity contribution in [2.75, 3.05) is 0 Å². The van der Waals surface area contributed by atoms with Gasteiger partial charge in [-0.25, -0.2) is 15.0 Å². The zero-order valence-corrected chi connectivity index (χ0v) is 14.7. The maximum atomic E-state index is 4.92. The minimum absolute atomic E-state index is 0.861. The molecule has 0 saturated carbocycles. The van der Waals surface area contributed by atoms with Crippen LogP contribution in [0.25, 0.3) is 39.7 Å². The second-order valence-corrected chi connectivity index (χ2v) is 6.36. The number of aryl methyl sites for hydroxylation is 3. The molecule has 4 aromatic rings. The maximum absolute atomic E-state index is 4.92. The fourth-order valence-electron chi connectivity index (χ4n) is 3.22. The molecule has 0 unspecified atom stereocenters. The molecule has 0 atom stereocenters. The average molecular weight is 328 g/mol. The van der Waals surface area contributed by atoms with Gasteiger partial charge in [-0.05, 0) is 54.3 Å². The van der Waals surface area contributed by atoms with Gasteiger partial charge in [-0.1, -0.05) is 25.6 Å². The number of aromatic nitrogens is 4. The highest BCUT2D eigenvalue weighted by Gasteiger charge is 2.16. The van der Waals surface area contributed by atoms with Gasteiger partial charge < -0.3 is 4.57 Å². The van der Waals surface area contributed by atoms with Crippen LogP contribution in [-0.4, -0.2) is 19.5 Å². The van der Waals surface area contributed by atoms with E-state index in [1.807, 2.05) is 42.9 Å². The lowest BCUT2D eigenvalue weighted by Gasteiger charge is -2.10. The summed E-state index contributed by atoms with van der Waals surface area (Å²) in [5.74, 6) is 0.861. The Kier molecular flexibility index (Phi) is 3.61. The Labute approximate surface area is 146 Å². The first-order valence-electron chi connectivity index (χ1n) is 8.46. The molecule has 0 saturated heterocycles. The van der Waals surface area contributed by atoms with Crippen LogP contribution in [-0.2, 0) is 13.5 Å². The van der Waals surface area contributed by atoms with Crippen LogP contribution >= 0.6 is 0 Å². The van der Waals surface area contributed by atoms with Crippen LogP contribution in [0.3, 0.4) is 0 Å². The van der Waals surface area contributed by atoms with E-state index >= 15 is 0 Å². The number of imidazole rings is 1. The number of hydrogen-bond donors (Lipinski definition) is 0. The molecule has 0 radical (unpaired) electrons. The van der Waals surface area contributed by atoms with E-state index in [2.05, 4.69) is 36.7 Å². The van der Waals surface area contributed by atoms with Crippen LogP contribution in [0.2, 0.25) is 0 Å². The van der Waals surface area contributed by atoms with Crippen LogP contribution in [0.15, 0.2) is 43.1 Å². The van der Waals surface area contributed by atoms with Gasteiger partial charge in [0.25, 0.3) is 0 Å². The van der Waals surface area contributed by atoms with Crippen molar-refractivity contribution in [2.24, 2.45) is 7.05 Å². The summed E-state index contributed by atoms with van der Waals surface area (Å²) in [6.45, 7) is 8.03. The first-order chi connectivity index (χ1) is 12.1. The Morgan fingerprint density at radius 1 is 1.12 bits per heavy atom. The molecule has 1 aromatic carbocycles. The second-order valence-electron chi connectivity index (χ2n) is 6.36. The van der Waals surface area contributed by atoms with Gasteiger partial charge in [-0.3, -0.25) is 0 Å². The molecule has 4 nitrogen and oxygen atoms in total. The zero-order chi connectivity index (χ0) is 17.6. The summed E-state index contributed by atoms with van der Waals surface area (Å²) in [7, 11) is 2.00. The molecule has 4 rings (SSSR count). The molecule has 25 heavy (non-hydrogen) atoms. The third-order valence-corrected chi connectivity index (χ3v) is 4.59. The minimum atomic E-state index is 0.861. The van der Waals surface area contributed by atoms with E-state index in [1.54, 1.807) is 0 Å². The number of nitrogens with zero attached hydrogens (tertiary/aromatic N) is 4. The van der Waals surface area contributed by atoms with Crippen molar-refractivity contribution in [1.29, 1.82) is 0 Å². The summed E-state index contributed by atoms with van der Waals surface area (Å²) < 4.78 is 2.03. The molecule has 0 N–H and O–H groups in total. The first-order valence-corrected chi connectivity index (χ1v) is 8.46. The van der Waals surface area contributed by atoms with E-state index in [0.29, 0.717) is 0 Å². The lowest BCUT2D eigenvalue weighted by atomic mass is 10.0. The Balaban J connectivity index is 1.99. The van der Waals surface area contributed by atoms with Gasteiger partial charge >= 0.3 is 0 Å². The van der Waals surface area contributed by atoms with Gasteiger partial charge in [0, 0.05) is 18.6 Å². The Hall–Kier alpha value is -3.01. The Bertz CT molecular complexity index is 1120. The third kappa shape index (κ3) is 2.50. The van der Waals surface area contributed by atoms with Crippen molar-refractivity contribution in [2.45, 2.75) is 20.3 Å². The minimum Gasteiger partial charge on any atom is -0.311 e. The van der Waals surface area contributed by atoms with Gasteiger partial charge in [0.2, 0.25) is 0 Å². The van der Waals surface area contributed by atoms with Crippen LogP contribution < -0.4 is 0 Å². The highest BCUT2D eigenvalue weighted by Crippen LogP contribution is 2.28. The summed E-state index contributed by atoms with van der Waals surface area (Å²) in [6.07, 6.45) is 4.63. The summed E-state index contributed by atoms with van der Waals surface area (Å²) in [5.41, 5.74) is 7.08. The quantitative estimate of drug-likeness (QED) is 0.547. The number of hydrogen-bond acceptors (Lipinski definition) is 3. The zero-order valence-electron chi connectivity index (χ0n) is 14.7. The topological polar surface area (TPSA) is 43.6 Å². The SMILES string of the molecule is C=Cc1ccc2nc(-c3nc4cc(C)cnc4n3C)c(CC)cc2c1. The normalized spacial score (nSPS) is 11.3. The molecule has 0 aliphatic carbocycles. The van der Waals surface area contributed by atoms with Gasteiger partial charge in [0.15, 0.2) is 11.5 Å². The molecule has 3 aromatic heterocycles. The van der Waals surface area contributed by atoms with E-state index in [9.17, 15) is 0 Å². The smallest absolute Gasteiger partial charge is 0.161 e. The van der Waals surface area contributed by atoms with E-state index in [4.69, 9.17) is 9.97 Å². The summed E-state index contributed by atoms with van der Waals surface area (Å²) in [5, 5.41) is 1.13. The number of fused-ring (bicyclic) bond motifs is 2. The van der Waals surface area contributed by atoms with Gasteiger partial charge in [-0.2, -0.15) is 0 Å². The lowest BCUT2D eigenvalue weighted by molar-refractivity contribution is 0.929. The maximum Gasteiger partial charge on any atom is 0.161 e. The van der Waals surface area contributed by atoms with E-state index < -0.39 is 0 Å². The van der Waals surface area contributed by atoms with Crippen molar-refractivity contribution in [3.63, 3.8) is 0 Å². The monoisotopic (exact) mass is 328 g/mol. The highest BCUT2D eigenvalue weighted by atomic mass is 15.1. The molecule has 0 bridgehead atoms. The van der Waals surface area contributed by atoms with Gasteiger partial charge in [0.1, 0.15) is 11.2 Å². The molecular weight excluding hydrogens is 308 g/mol. The predicted octanol–water partition coefficient (Wildman–Crippen LogP) is 4.70. The fourth-order valence-corrected chi connectivity index (χ4v) is 3.22. The van der Waals surface area contributed by atoms with Crippen LogP contribution in [0.1, 0.15) is 23.6 Å². The third-order valence-electron chi connectivity index (χ3n) is 4.59. The number of benzene rings is 1. The summed E-state index contributed by atoms with van der Waals surface area (Å²) in [4.78, 5) is 14.3. The first kappa shape index (κ1) is 15.5. The number of rotatable bonds is 3. The average Bonchev–Trinajstić information content (AvgIpc) is 2.95. The molecule has 0 amide bonds. The molecule has 0 aliphatic rings. The molecule has 4 heteroatoms. The molecule has 3 heterocycles. The molecule has 124 valence electrons.